The molecule has 3 heteroatoms. The normalized spacial score (nSPS) is 27.9. The third-order valence-electron chi connectivity index (χ3n) is 5.40. The largest absolute Gasteiger partial charge is 0.465 e. The van der Waals surface area contributed by atoms with Crippen LogP contribution in [0.25, 0.3) is 0 Å². The topological polar surface area (TPSA) is 29.5 Å². The van der Waals surface area contributed by atoms with Crippen LogP contribution in [-0.2, 0) is 9.53 Å². The van der Waals surface area contributed by atoms with Crippen molar-refractivity contribution in [2.75, 3.05) is 19.7 Å². The Labute approximate surface area is 130 Å². The summed E-state index contributed by atoms with van der Waals surface area (Å²) in [6.45, 7) is 7.44. The highest BCUT2D eigenvalue weighted by atomic mass is 16.5. The first kappa shape index (κ1) is 16.8. The number of piperidine rings is 2. The fourth-order valence-corrected chi connectivity index (χ4v) is 4.02. The first-order chi connectivity index (χ1) is 10.3. The van der Waals surface area contributed by atoms with Crippen LogP contribution < -0.4 is 0 Å². The monoisotopic (exact) mass is 295 g/mol. The predicted octanol–water partition coefficient (Wildman–Crippen LogP) is 4.01. The van der Waals surface area contributed by atoms with E-state index in [1.54, 1.807) is 0 Å². The van der Waals surface area contributed by atoms with E-state index in [0.29, 0.717) is 18.6 Å². The molecule has 2 aliphatic heterocycles. The van der Waals surface area contributed by atoms with Crippen molar-refractivity contribution in [2.24, 2.45) is 11.8 Å². The van der Waals surface area contributed by atoms with Gasteiger partial charge in [0.25, 0.3) is 0 Å². The molecule has 0 radical (unpaired) electrons. The predicted molar refractivity (Wildman–Crippen MR) is 86.2 cm³/mol. The van der Waals surface area contributed by atoms with E-state index >= 15 is 0 Å². The van der Waals surface area contributed by atoms with Crippen molar-refractivity contribution in [3.63, 3.8) is 0 Å². The zero-order valence-electron chi connectivity index (χ0n) is 14.0. The van der Waals surface area contributed by atoms with Crippen LogP contribution in [-0.4, -0.2) is 36.6 Å². The summed E-state index contributed by atoms with van der Waals surface area (Å²) in [5, 5.41) is 0. The number of carbonyl (C=O) groups excluding carboxylic acids is 1. The van der Waals surface area contributed by atoms with Crippen molar-refractivity contribution >= 4 is 5.97 Å². The molecule has 2 aliphatic rings. The summed E-state index contributed by atoms with van der Waals surface area (Å²) >= 11 is 0. The Morgan fingerprint density at radius 2 is 2.00 bits per heavy atom. The highest BCUT2D eigenvalue weighted by Gasteiger charge is 2.33. The Bertz CT molecular complexity index is 316. The lowest BCUT2D eigenvalue weighted by molar-refractivity contribution is -0.152. The minimum atomic E-state index is 0.0545. The number of unbranched alkanes of at least 4 members (excludes halogenated alkanes) is 1. The van der Waals surface area contributed by atoms with Gasteiger partial charge in [0.05, 0.1) is 12.5 Å². The molecular formula is C18H33NO2. The molecule has 3 atom stereocenters. The second kappa shape index (κ2) is 8.77. The second-order valence-corrected chi connectivity index (χ2v) is 6.88. The van der Waals surface area contributed by atoms with Crippen molar-refractivity contribution in [3.8, 4) is 0 Å². The fraction of sp³-hybridized carbons (Fsp3) is 0.944. The maximum atomic E-state index is 12.2. The van der Waals surface area contributed by atoms with Crippen LogP contribution in [0.3, 0.4) is 0 Å². The smallest absolute Gasteiger partial charge is 0.308 e. The molecule has 2 fully saturated rings. The van der Waals surface area contributed by atoms with E-state index in [4.69, 9.17) is 4.74 Å². The zero-order valence-corrected chi connectivity index (χ0v) is 14.0. The van der Waals surface area contributed by atoms with Crippen LogP contribution in [0, 0.1) is 11.8 Å². The molecule has 21 heavy (non-hydrogen) atoms. The summed E-state index contributed by atoms with van der Waals surface area (Å²) in [5.74, 6) is 0.751. The van der Waals surface area contributed by atoms with Crippen molar-refractivity contribution in [2.45, 2.75) is 77.7 Å². The molecule has 0 aromatic rings. The number of hydrogen-bond acceptors (Lipinski definition) is 3. The lowest BCUT2D eigenvalue weighted by atomic mass is 9.84. The van der Waals surface area contributed by atoms with Gasteiger partial charge in [-0.1, -0.05) is 33.1 Å². The minimum absolute atomic E-state index is 0.0545. The average Bonchev–Trinajstić information content (AvgIpc) is 2.53. The molecule has 2 saturated heterocycles. The number of esters is 1. The molecule has 0 amide bonds. The molecule has 0 aliphatic carbocycles. The summed E-state index contributed by atoms with van der Waals surface area (Å²) in [6.07, 6.45) is 10.7. The highest BCUT2D eigenvalue weighted by Crippen LogP contribution is 2.31. The molecule has 122 valence electrons. The highest BCUT2D eigenvalue weighted by molar-refractivity contribution is 5.72. The summed E-state index contributed by atoms with van der Waals surface area (Å²) in [5.41, 5.74) is 0. The van der Waals surface area contributed by atoms with Crippen molar-refractivity contribution in [1.29, 1.82) is 0 Å². The number of ether oxygens (including phenoxy) is 1. The molecule has 0 N–H and O–H groups in total. The van der Waals surface area contributed by atoms with Gasteiger partial charge in [-0.3, -0.25) is 9.69 Å². The van der Waals surface area contributed by atoms with Crippen LogP contribution in [0.15, 0.2) is 0 Å². The van der Waals surface area contributed by atoms with Gasteiger partial charge in [0, 0.05) is 12.0 Å². The van der Waals surface area contributed by atoms with Crippen molar-refractivity contribution in [3.05, 3.63) is 0 Å². The Morgan fingerprint density at radius 1 is 1.19 bits per heavy atom. The van der Waals surface area contributed by atoms with Crippen LogP contribution in [0.2, 0.25) is 0 Å². The third-order valence-corrected chi connectivity index (χ3v) is 5.40. The fourth-order valence-electron chi connectivity index (χ4n) is 4.02. The molecule has 0 spiro atoms. The minimum Gasteiger partial charge on any atom is -0.465 e. The van der Waals surface area contributed by atoms with Gasteiger partial charge in [-0.25, -0.2) is 0 Å². The Hall–Kier alpha value is -0.570. The number of nitrogens with zero attached hydrogens (tertiary/aromatic N) is 1. The Balaban J connectivity index is 1.79. The molecule has 0 aromatic heterocycles. The lowest BCUT2D eigenvalue weighted by Gasteiger charge is -2.44. The average molecular weight is 295 g/mol. The Kier molecular flexibility index (Phi) is 7.01. The molecule has 2 rings (SSSR count). The second-order valence-electron chi connectivity index (χ2n) is 6.88. The van der Waals surface area contributed by atoms with Gasteiger partial charge in [-0.2, -0.15) is 0 Å². The van der Waals surface area contributed by atoms with E-state index in [-0.39, 0.29) is 11.9 Å². The van der Waals surface area contributed by atoms with Gasteiger partial charge in [-0.15, -0.1) is 0 Å². The van der Waals surface area contributed by atoms with Gasteiger partial charge in [0.1, 0.15) is 0 Å². The van der Waals surface area contributed by atoms with Gasteiger partial charge >= 0.3 is 5.97 Å². The van der Waals surface area contributed by atoms with Crippen LogP contribution >= 0.6 is 0 Å². The van der Waals surface area contributed by atoms with Crippen molar-refractivity contribution < 1.29 is 9.53 Å². The quantitative estimate of drug-likeness (QED) is 0.665. The SMILES string of the molecule is CCCC[C@H](CC)C(=O)OC[C@@H]1CCCN2CCCC[C@H]12. The van der Waals surface area contributed by atoms with Crippen molar-refractivity contribution in [1.82, 2.24) is 4.90 Å². The van der Waals surface area contributed by atoms with Gasteiger partial charge in [0.15, 0.2) is 0 Å². The van der Waals surface area contributed by atoms with E-state index in [9.17, 15) is 4.79 Å². The van der Waals surface area contributed by atoms with Gasteiger partial charge in [0.2, 0.25) is 0 Å². The number of rotatable bonds is 7. The Morgan fingerprint density at radius 3 is 2.76 bits per heavy atom. The lowest BCUT2D eigenvalue weighted by Crippen LogP contribution is -2.49. The standard InChI is InChI=1S/C18H33NO2/c1-3-5-9-15(4-2)18(20)21-14-16-10-8-13-19-12-7-6-11-17(16)19/h15-17H,3-14H2,1-2H3/t15-,16-,17+/m0/s1. The molecule has 0 saturated carbocycles. The maximum absolute atomic E-state index is 12.2. The summed E-state index contributed by atoms with van der Waals surface area (Å²) < 4.78 is 5.71. The molecule has 0 bridgehead atoms. The molecule has 3 nitrogen and oxygen atoms in total. The van der Waals surface area contributed by atoms with E-state index in [2.05, 4.69) is 18.7 Å². The van der Waals surface area contributed by atoms with Gasteiger partial charge in [-0.05, 0) is 51.6 Å². The van der Waals surface area contributed by atoms with E-state index in [0.717, 1.165) is 25.7 Å². The first-order valence-electron chi connectivity index (χ1n) is 9.17. The molecule has 0 aromatic carbocycles. The summed E-state index contributed by atoms with van der Waals surface area (Å²) in [6, 6.07) is 0.677. The van der Waals surface area contributed by atoms with E-state index in [1.165, 1.54) is 45.2 Å². The van der Waals surface area contributed by atoms with Crippen LogP contribution in [0.1, 0.15) is 71.6 Å². The first-order valence-corrected chi connectivity index (χ1v) is 9.17. The summed E-state index contributed by atoms with van der Waals surface area (Å²) in [4.78, 5) is 14.9. The van der Waals surface area contributed by atoms with E-state index < -0.39 is 0 Å². The molecule has 2 heterocycles. The van der Waals surface area contributed by atoms with Crippen LogP contribution in [0.4, 0.5) is 0 Å². The number of hydrogen-bond donors (Lipinski definition) is 0. The van der Waals surface area contributed by atoms with Gasteiger partial charge < -0.3 is 4.74 Å². The maximum Gasteiger partial charge on any atom is 0.308 e. The number of carbonyl (C=O) groups is 1. The third kappa shape index (κ3) is 4.70. The molecular weight excluding hydrogens is 262 g/mol. The van der Waals surface area contributed by atoms with Crippen LogP contribution in [0.5, 0.6) is 0 Å². The van der Waals surface area contributed by atoms with E-state index in [1.807, 2.05) is 0 Å². The zero-order chi connectivity index (χ0) is 15.1. The molecule has 0 unspecified atom stereocenters. The summed E-state index contributed by atoms with van der Waals surface area (Å²) in [7, 11) is 0. The number of fused-ring (bicyclic) bond motifs is 1.